The predicted octanol–water partition coefficient (Wildman–Crippen LogP) is 4.62. The van der Waals surface area contributed by atoms with Crippen molar-refractivity contribution in [2.45, 2.75) is 30.2 Å². The molecule has 1 fully saturated rings. The van der Waals surface area contributed by atoms with Crippen molar-refractivity contribution in [1.29, 1.82) is 0 Å². The van der Waals surface area contributed by atoms with Gasteiger partial charge in [0.05, 0.1) is 27.3 Å². The van der Waals surface area contributed by atoms with Crippen molar-refractivity contribution >= 4 is 40.1 Å². The zero-order valence-electron chi connectivity index (χ0n) is 16.4. The molecule has 0 unspecified atom stereocenters. The molecule has 0 spiro atoms. The number of thioether (sulfide) groups is 1. The molecule has 6 nitrogen and oxygen atoms in total. The summed E-state index contributed by atoms with van der Waals surface area (Å²) in [5, 5.41) is 3.68. The van der Waals surface area contributed by atoms with Crippen LogP contribution in [0.5, 0.6) is 0 Å². The monoisotopic (exact) mass is 429 g/mol. The van der Waals surface area contributed by atoms with Gasteiger partial charge in [-0.2, -0.15) is 0 Å². The summed E-state index contributed by atoms with van der Waals surface area (Å²) in [5.41, 5.74) is 2.79. The number of nitrogens with zero attached hydrogens (tertiary/aromatic N) is 4. The van der Waals surface area contributed by atoms with E-state index in [2.05, 4.69) is 20.3 Å². The van der Waals surface area contributed by atoms with E-state index in [0.29, 0.717) is 40.9 Å². The van der Waals surface area contributed by atoms with Crippen LogP contribution in [0.15, 0.2) is 47.9 Å². The zero-order chi connectivity index (χ0) is 21.1. The Kier molecular flexibility index (Phi) is 5.80. The highest BCUT2D eigenvalue weighted by atomic mass is 32.2. The van der Waals surface area contributed by atoms with Crippen LogP contribution in [0.1, 0.15) is 29.6 Å². The van der Waals surface area contributed by atoms with Crippen molar-refractivity contribution in [3.05, 3.63) is 48.4 Å². The van der Waals surface area contributed by atoms with Gasteiger partial charge in [0.2, 0.25) is 5.92 Å². The number of pyridine rings is 1. The number of halogens is 2. The van der Waals surface area contributed by atoms with Crippen LogP contribution >= 0.6 is 11.8 Å². The molecule has 1 aliphatic rings. The molecule has 1 amide bonds. The number of alkyl halides is 2. The molecule has 0 atom stereocenters. The average Bonchev–Trinajstić information content (AvgIpc) is 2.93. The smallest absolute Gasteiger partial charge is 0.257 e. The Balaban J connectivity index is 1.71. The molecular formula is C21H21F2N5OS. The first-order valence-corrected chi connectivity index (χ1v) is 10.9. The Morgan fingerprint density at radius 2 is 1.83 bits per heavy atom. The first kappa shape index (κ1) is 20.5. The fraction of sp³-hybridized carbons (Fsp3) is 0.333. The Bertz CT molecular complexity index is 1080. The molecule has 2 aromatic heterocycles. The van der Waals surface area contributed by atoms with Crippen LogP contribution in [-0.2, 0) is 0 Å². The summed E-state index contributed by atoms with van der Waals surface area (Å²) in [7, 11) is 0. The number of carbonyl (C=O) groups is 1. The van der Waals surface area contributed by atoms with Crippen LogP contribution in [0, 0.1) is 0 Å². The molecule has 3 heterocycles. The maximum absolute atomic E-state index is 13.9. The van der Waals surface area contributed by atoms with Crippen LogP contribution in [0.4, 0.5) is 20.2 Å². The van der Waals surface area contributed by atoms with Gasteiger partial charge in [-0.3, -0.25) is 14.8 Å². The summed E-state index contributed by atoms with van der Waals surface area (Å²) < 4.78 is 27.8. The van der Waals surface area contributed by atoms with E-state index >= 15 is 0 Å². The largest absolute Gasteiger partial charge is 0.371 e. The third kappa shape index (κ3) is 4.51. The first-order valence-electron chi connectivity index (χ1n) is 9.64. The molecule has 0 bridgehead atoms. The van der Waals surface area contributed by atoms with Gasteiger partial charge in [-0.05, 0) is 36.9 Å². The van der Waals surface area contributed by atoms with Gasteiger partial charge in [0.1, 0.15) is 0 Å². The van der Waals surface area contributed by atoms with E-state index in [9.17, 15) is 13.6 Å². The highest BCUT2D eigenvalue weighted by molar-refractivity contribution is 7.98. The Labute approximate surface area is 177 Å². The zero-order valence-corrected chi connectivity index (χ0v) is 17.3. The summed E-state index contributed by atoms with van der Waals surface area (Å²) >= 11 is 1.48. The van der Waals surface area contributed by atoms with E-state index in [1.54, 1.807) is 42.9 Å². The molecule has 3 aromatic rings. The third-order valence-corrected chi connectivity index (χ3v) is 5.73. The maximum atomic E-state index is 13.9. The van der Waals surface area contributed by atoms with Crippen LogP contribution in [0.25, 0.3) is 11.0 Å². The summed E-state index contributed by atoms with van der Waals surface area (Å²) in [5.74, 6) is -3.01. The van der Waals surface area contributed by atoms with Crippen molar-refractivity contribution < 1.29 is 13.6 Å². The number of benzene rings is 1. The van der Waals surface area contributed by atoms with Crippen LogP contribution < -0.4 is 10.2 Å². The summed E-state index contributed by atoms with van der Waals surface area (Å²) in [6, 6.07) is 6.94. The van der Waals surface area contributed by atoms with Gasteiger partial charge in [-0.1, -0.05) is 0 Å². The second-order valence-corrected chi connectivity index (χ2v) is 7.98. The number of amides is 1. The molecule has 4 rings (SSSR count). The van der Waals surface area contributed by atoms with E-state index in [1.165, 1.54) is 11.8 Å². The molecule has 1 aromatic carbocycles. The number of fused-ring (bicyclic) bond motifs is 1. The second kappa shape index (κ2) is 8.51. The van der Waals surface area contributed by atoms with Gasteiger partial charge >= 0.3 is 0 Å². The van der Waals surface area contributed by atoms with Crippen molar-refractivity contribution in [2.24, 2.45) is 0 Å². The molecule has 30 heavy (non-hydrogen) atoms. The molecule has 0 saturated carbocycles. The fourth-order valence-corrected chi connectivity index (χ4v) is 3.96. The minimum atomic E-state index is -2.68. The van der Waals surface area contributed by atoms with Gasteiger partial charge < -0.3 is 10.2 Å². The average molecular weight is 429 g/mol. The SMILES string of the molecule is CSc1cc(NC(=O)c2cc3nccnc3cc2N2CCCC(F)(F)CC2)ccn1. The standard InChI is InChI=1S/C21H21F2N5OS/c1-30-19-11-14(3-6-26-19)27-20(29)15-12-16-17(25-8-7-24-16)13-18(15)28-9-2-4-21(22,23)5-10-28/h3,6-8,11-13H,2,4-5,9-10H2,1H3,(H,26,27,29). The summed E-state index contributed by atoms with van der Waals surface area (Å²) in [4.78, 5) is 27.8. The van der Waals surface area contributed by atoms with Crippen LogP contribution in [0.2, 0.25) is 0 Å². The molecule has 1 aliphatic heterocycles. The van der Waals surface area contributed by atoms with Gasteiger partial charge in [-0.15, -0.1) is 11.8 Å². The van der Waals surface area contributed by atoms with Gasteiger partial charge in [0, 0.05) is 50.2 Å². The number of hydrogen-bond acceptors (Lipinski definition) is 6. The lowest BCUT2D eigenvalue weighted by Gasteiger charge is -2.25. The number of anilines is 2. The molecule has 9 heteroatoms. The minimum Gasteiger partial charge on any atom is -0.371 e. The molecule has 1 saturated heterocycles. The minimum absolute atomic E-state index is 0.146. The Morgan fingerprint density at radius 3 is 2.60 bits per heavy atom. The number of nitrogens with one attached hydrogen (secondary N) is 1. The van der Waals surface area contributed by atoms with Gasteiger partial charge in [0.15, 0.2) is 0 Å². The van der Waals surface area contributed by atoms with Crippen LogP contribution in [0.3, 0.4) is 0 Å². The van der Waals surface area contributed by atoms with Crippen molar-refractivity contribution in [3.8, 4) is 0 Å². The van der Waals surface area contributed by atoms with Crippen molar-refractivity contribution in [3.63, 3.8) is 0 Å². The van der Waals surface area contributed by atoms with Crippen molar-refractivity contribution in [1.82, 2.24) is 15.0 Å². The second-order valence-electron chi connectivity index (χ2n) is 7.15. The first-order chi connectivity index (χ1) is 14.4. The van der Waals surface area contributed by atoms with E-state index in [-0.39, 0.29) is 25.3 Å². The lowest BCUT2D eigenvalue weighted by molar-refractivity contribution is -0.0102. The number of carbonyl (C=O) groups excluding carboxylic acids is 1. The molecule has 0 radical (unpaired) electrons. The van der Waals surface area contributed by atoms with Gasteiger partial charge in [-0.25, -0.2) is 13.8 Å². The van der Waals surface area contributed by atoms with E-state index in [0.717, 1.165) is 5.03 Å². The third-order valence-electron chi connectivity index (χ3n) is 5.09. The number of hydrogen-bond donors (Lipinski definition) is 1. The topological polar surface area (TPSA) is 71.0 Å². The Morgan fingerprint density at radius 1 is 1.07 bits per heavy atom. The lowest BCUT2D eigenvalue weighted by Crippen LogP contribution is -2.28. The van der Waals surface area contributed by atoms with Crippen molar-refractivity contribution in [2.75, 3.05) is 29.6 Å². The highest BCUT2D eigenvalue weighted by Gasteiger charge is 2.32. The summed E-state index contributed by atoms with van der Waals surface area (Å²) in [6.45, 7) is 0.623. The highest BCUT2D eigenvalue weighted by Crippen LogP contribution is 2.33. The molecule has 0 aliphatic carbocycles. The van der Waals surface area contributed by atoms with E-state index < -0.39 is 5.92 Å². The molecule has 156 valence electrons. The number of aromatic nitrogens is 3. The van der Waals surface area contributed by atoms with Crippen LogP contribution in [-0.4, -0.2) is 46.1 Å². The Hall–Kier alpha value is -2.81. The predicted molar refractivity (Wildman–Crippen MR) is 115 cm³/mol. The van der Waals surface area contributed by atoms with E-state index in [1.807, 2.05) is 11.2 Å². The molecule has 1 N–H and O–H groups in total. The quantitative estimate of drug-likeness (QED) is 0.610. The van der Waals surface area contributed by atoms with E-state index in [4.69, 9.17) is 0 Å². The fourth-order valence-electron chi connectivity index (χ4n) is 3.55. The maximum Gasteiger partial charge on any atom is 0.257 e. The molecular weight excluding hydrogens is 408 g/mol. The lowest BCUT2D eigenvalue weighted by atomic mass is 10.1. The summed E-state index contributed by atoms with van der Waals surface area (Å²) in [6.07, 6.45) is 6.64. The normalized spacial score (nSPS) is 16.3. The number of rotatable bonds is 4. The van der Waals surface area contributed by atoms with Gasteiger partial charge in [0.25, 0.3) is 5.91 Å².